The first-order valence-electron chi connectivity index (χ1n) is 4.20. The van der Waals surface area contributed by atoms with Crippen molar-refractivity contribution in [2.45, 2.75) is 13.3 Å². The second-order valence-corrected chi connectivity index (χ2v) is 2.89. The Morgan fingerprint density at radius 2 is 1.92 bits per heavy atom. The largest absolute Gasteiger partial charge is 0.381 e. The highest BCUT2D eigenvalue weighted by atomic mass is 16.3. The minimum absolute atomic E-state index is 0.0614. The first kappa shape index (κ1) is 9.23. The molecule has 12 heavy (non-hydrogen) atoms. The van der Waals surface area contributed by atoms with E-state index in [4.69, 9.17) is 5.11 Å². The van der Waals surface area contributed by atoms with Crippen LogP contribution in [0.15, 0.2) is 24.3 Å². The normalized spacial score (nSPS) is 10.2. The molecule has 66 valence electrons. The molecule has 1 aromatic rings. The van der Waals surface area contributed by atoms with Gasteiger partial charge in [-0.1, -0.05) is 29.8 Å². The predicted molar refractivity (Wildman–Crippen MR) is 50.0 cm³/mol. The number of aliphatic hydroxyl groups is 1. The number of aliphatic hydroxyl groups excluding tert-OH is 1. The van der Waals surface area contributed by atoms with Gasteiger partial charge >= 0.3 is 0 Å². The van der Waals surface area contributed by atoms with Gasteiger partial charge in [0.2, 0.25) is 0 Å². The Balaban J connectivity index is 2.37. The van der Waals surface area contributed by atoms with E-state index >= 15 is 0 Å². The number of hydrogen-bond donors (Lipinski definition) is 2. The van der Waals surface area contributed by atoms with E-state index in [0.717, 1.165) is 13.0 Å². The van der Waals surface area contributed by atoms with Crippen molar-refractivity contribution in [3.05, 3.63) is 35.4 Å². The minimum atomic E-state index is 0.0614. The highest BCUT2D eigenvalue weighted by molar-refractivity contribution is 5.21. The molecule has 0 amide bonds. The van der Waals surface area contributed by atoms with Gasteiger partial charge in [-0.3, -0.25) is 5.32 Å². The quantitative estimate of drug-likeness (QED) is 0.517. The average Bonchev–Trinajstić information content (AvgIpc) is 2.09. The van der Waals surface area contributed by atoms with Gasteiger partial charge in [0.25, 0.3) is 0 Å². The van der Waals surface area contributed by atoms with Gasteiger partial charge in [-0.15, -0.1) is 0 Å². The van der Waals surface area contributed by atoms with Crippen LogP contribution >= 0.6 is 0 Å². The average molecular weight is 165 g/mol. The molecule has 0 aromatic heterocycles. The summed E-state index contributed by atoms with van der Waals surface area (Å²) >= 11 is 0. The van der Waals surface area contributed by atoms with Crippen molar-refractivity contribution in [1.29, 1.82) is 0 Å². The Morgan fingerprint density at radius 3 is 2.50 bits per heavy atom. The Kier molecular flexibility index (Phi) is 3.77. The van der Waals surface area contributed by atoms with Crippen molar-refractivity contribution >= 4 is 0 Å². The molecule has 0 radical (unpaired) electrons. The summed E-state index contributed by atoms with van der Waals surface area (Å²) in [5, 5.41) is 11.3. The van der Waals surface area contributed by atoms with Crippen molar-refractivity contribution in [3.63, 3.8) is 0 Å². The number of nitrogens with one attached hydrogen (secondary N) is 1. The lowest BCUT2D eigenvalue weighted by Gasteiger charge is -2.01. The van der Waals surface area contributed by atoms with Crippen LogP contribution in [-0.4, -0.2) is 18.4 Å². The molecule has 0 aliphatic carbocycles. The van der Waals surface area contributed by atoms with Crippen molar-refractivity contribution in [1.82, 2.24) is 5.32 Å². The molecule has 0 fully saturated rings. The van der Waals surface area contributed by atoms with Gasteiger partial charge in [0.05, 0.1) is 6.73 Å². The predicted octanol–water partition coefficient (Wildman–Crippen LogP) is 1.08. The Bertz CT molecular complexity index is 218. The van der Waals surface area contributed by atoms with E-state index in [1.54, 1.807) is 0 Å². The molecule has 0 bridgehead atoms. The van der Waals surface area contributed by atoms with Gasteiger partial charge in [0, 0.05) is 6.54 Å². The van der Waals surface area contributed by atoms with Crippen LogP contribution < -0.4 is 5.32 Å². The van der Waals surface area contributed by atoms with E-state index in [0.29, 0.717) is 0 Å². The Hall–Kier alpha value is -0.860. The number of hydrogen-bond acceptors (Lipinski definition) is 2. The second-order valence-electron chi connectivity index (χ2n) is 2.89. The summed E-state index contributed by atoms with van der Waals surface area (Å²) < 4.78 is 0. The summed E-state index contributed by atoms with van der Waals surface area (Å²) in [6.07, 6.45) is 0.973. The molecule has 1 aromatic carbocycles. The van der Waals surface area contributed by atoms with Gasteiger partial charge in [-0.05, 0) is 18.9 Å². The molecule has 2 N–H and O–H groups in total. The van der Waals surface area contributed by atoms with Crippen LogP contribution in [0.5, 0.6) is 0 Å². The van der Waals surface area contributed by atoms with Crippen molar-refractivity contribution in [2.75, 3.05) is 13.3 Å². The molecule has 2 heteroatoms. The molecule has 0 saturated heterocycles. The van der Waals surface area contributed by atoms with E-state index in [1.165, 1.54) is 11.1 Å². The summed E-state index contributed by atoms with van der Waals surface area (Å²) in [6.45, 7) is 2.97. The van der Waals surface area contributed by atoms with Crippen LogP contribution in [0.4, 0.5) is 0 Å². The van der Waals surface area contributed by atoms with Gasteiger partial charge in [0.15, 0.2) is 0 Å². The lowest BCUT2D eigenvalue weighted by Crippen LogP contribution is -2.17. The zero-order valence-electron chi connectivity index (χ0n) is 7.38. The summed E-state index contributed by atoms with van der Waals surface area (Å²) in [4.78, 5) is 0. The molecule has 0 unspecified atom stereocenters. The maximum atomic E-state index is 8.48. The SMILES string of the molecule is Cc1ccc(CCNCO)cc1. The van der Waals surface area contributed by atoms with Gasteiger partial charge < -0.3 is 5.11 Å². The number of rotatable bonds is 4. The van der Waals surface area contributed by atoms with Gasteiger partial charge in [-0.2, -0.15) is 0 Å². The first-order chi connectivity index (χ1) is 5.83. The second kappa shape index (κ2) is 4.91. The van der Waals surface area contributed by atoms with Crippen LogP contribution in [0.3, 0.4) is 0 Å². The van der Waals surface area contributed by atoms with Crippen LogP contribution in [0, 0.1) is 6.92 Å². The first-order valence-corrected chi connectivity index (χ1v) is 4.20. The fraction of sp³-hybridized carbons (Fsp3) is 0.400. The minimum Gasteiger partial charge on any atom is -0.381 e. The summed E-state index contributed by atoms with van der Waals surface area (Å²) in [5.74, 6) is 0. The van der Waals surface area contributed by atoms with Crippen LogP contribution in [0.1, 0.15) is 11.1 Å². The lowest BCUT2D eigenvalue weighted by molar-refractivity contribution is 0.262. The monoisotopic (exact) mass is 165 g/mol. The van der Waals surface area contributed by atoms with Crippen LogP contribution in [0.2, 0.25) is 0 Å². The molecular formula is C10H15NO. The molecular weight excluding hydrogens is 150 g/mol. The van der Waals surface area contributed by atoms with E-state index in [2.05, 4.69) is 36.5 Å². The Labute approximate surface area is 73.2 Å². The maximum Gasteiger partial charge on any atom is 0.0931 e. The van der Waals surface area contributed by atoms with Crippen LogP contribution in [0.25, 0.3) is 0 Å². The van der Waals surface area contributed by atoms with E-state index in [1.807, 2.05) is 0 Å². The third kappa shape index (κ3) is 3.03. The smallest absolute Gasteiger partial charge is 0.0931 e. The zero-order valence-corrected chi connectivity index (χ0v) is 7.38. The summed E-state index contributed by atoms with van der Waals surface area (Å²) in [7, 11) is 0. The van der Waals surface area contributed by atoms with Gasteiger partial charge in [0.1, 0.15) is 0 Å². The third-order valence-corrected chi connectivity index (χ3v) is 1.82. The highest BCUT2D eigenvalue weighted by Gasteiger charge is 1.90. The van der Waals surface area contributed by atoms with Crippen molar-refractivity contribution < 1.29 is 5.11 Å². The molecule has 0 aliphatic heterocycles. The highest BCUT2D eigenvalue weighted by Crippen LogP contribution is 2.02. The van der Waals surface area contributed by atoms with E-state index in [-0.39, 0.29) is 6.73 Å². The summed E-state index contributed by atoms with van der Waals surface area (Å²) in [6, 6.07) is 8.45. The van der Waals surface area contributed by atoms with Gasteiger partial charge in [-0.25, -0.2) is 0 Å². The molecule has 0 heterocycles. The lowest BCUT2D eigenvalue weighted by atomic mass is 10.1. The fourth-order valence-corrected chi connectivity index (χ4v) is 1.07. The molecule has 0 aliphatic rings. The third-order valence-electron chi connectivity index (χ3n) is 1.82. The van der Waals surface area contributed by atoms with E-state index in [9.17, 15) is 0 Å². The standard InChI is InChI=1S/C10H15NO/c1-9-2-4-10(5-3-9)6-7-11-8-12/h2-5,11-12H,6-8H2,1H3. The van der Waals surface area contributed by atoms with Crippen molar-refractivity contribution in [3.8, 4) is 0 Å². The summed E-state index contributed by atoms with van der Waals surface area (Å²) in [5.41, 5.74) is 2.59. The van der Waals surface area contributed by atoms with Crippen LogP contribution in [-0.2, 0) is 6.42 Å². The number of benzene rings is 1. The topological polar surface area (TPSA) is 32.3 Å². The fourth-order valence-electron chi connectivity index (χ4n) is 1.07. The maximum absolute atomic E-state index is 8.48. The molecule has 1 rings (SSSR count). The van der Waals surface area contributed by atoms with E-state index < -0.39 is 0 Å². The zero-order chi connectivity index (χ0) is 8.81. The Morgan fingerprint density at radius 1 is 1.25 bits per heavy atom. The molecule has 2 nitrogen and oxygen atoms in total. The molecule has 0 atom stereocenters. The number of aryl methyl sites for hydroxylation is 1. The molecule has 0 saturated carbocycles. The van der Waals surface area contributed by atoms with Crippen molar-refractivity contribution in [2.24, 2.45) is 0 Å². The molecule has 0 spiro atoms.